The lowest BCUT2D eigenvalue weighted by Gasteiger charge is -2.20. The molecular weight excluding hydrogens is 531 g/mol. The number of primary amides is 1. The monoisotopic (exact) mass is 555 g/mol. The first kappa shape index (κ1) is 25.9. The number of aromatic nitrogens is 3. The van der Waals surface area contributed by atoms with Crippen molar-refractivity contribution in [2.45, 2.75) is 49.1 Å². The van der Waals surface area contributed by atoms with Crippen LogP contribution in [0.5, 0.6) is 6.01 Å². The predicted molar refractivity (Wildman–Crippen MR) is 127 cm³/mol. The summed E-state index contributed by atoms with van der Waals surface area (Å²) < 4.78 is 70.0. The molecule has 1 heterocycles. The van der Waals surface area contributed by atoms with Crippen LogP contribution in [0, 0.1) is 11.8 Å². The number of ether oxygens (including phenoxy) is 1. The van der Waals surface area contributed by atoms with Gasteiger partial charge in [-0.1, -0.05) is 0 Å². The fraction of sp³-hybridized carbons (Fsp3) is 0.500. The van der Waals surface area contributed by atoms with Crippen LogP contribution >= 0.6 is 0 Å². The van der Waals surface area contributed by atoms with Crippen molar-refractivity contribution < 1.29 is 35.9 Å². The van der Waals surface area contributed by atoms with Crippen LogP contribution in [-0.2, 0) is 14.8 Å². The summed E-state index contributed by atoms with van der Waals surface area (Å²) in [5.41, 5.74) is 4.50. The van der Waals surface area contributed by atoms with E-state index in [0.717, 1.165) is 12.8 Å². The Morgan fingerprint density at radius 1 is 1.05 bits per heavy atom. The smallest absolute Gasteiger partial charge is 0.422 e. The maximum Gasteiger partial charge on any atom is 0.422 e. The summed E-state index contributed by atoms with van der Waals surface area (Å²) in [6.45, 7) is -1.67. The Bertz CT molecular complexity index is 1360. The molecule has 0 unspecified atom stereocenters. The number of alkyl halides is 3. The zero-order valence-corrected chi connectivity index (χ0v) is 20.6. The molecule has 3 aliphatic rings. The standard InChI is InChI=1S/C22H24F3N7O5S/c23-22(24,25)10-37-20-29-18(27-13-5-3-12(4-6-13)16(26)33)28-19(30-20)31-21(9-15(21)11-1-2-11)17(34)32-38(35,36)14-7-8-14/h3-6,11,14-15H,1-2,7-10H2,(H2,26,33)(H,32,34)(H2,27,28,29,30,31)/t15-,21+/m0/s1. The second kappa shape index (κ2) is 9.25. The molecular formula is C22H24F3N7O5S. The van der Waals surface area contributed by atoms with Gasteiger partial charge in [-0.3, -0.25) is 14.3 Å². The minimum atomic E-state index is -4.66. The van der Waals surface area contributed by atoms with E-state index in [1.165, 1.54) is 24.3 Å². The van der Waals surface area contributed by atoms with E-state index >= 15 is 0 Å². The lowest BCUT2D eigenvalue weighted by molar-refractivity contribution is -0.154. The number of sulfonamides is 1. The van der Waals surface area contributed by atoms with E-state index in [9.17, 15) is 31.2 Å². The van der Waals surface area contributed by atoms with E-state index in [0.29, 0.717) is 24.9 Å². The number of carbonyl (C=O) groups excluding carboxylic acids is 2. The molecule has 2 atom stereocenters. The largest absolute Gasteiger partial charge is 0.454 e. The number of hydrogen-bond acceptors (Lipinski definition) is 10. The molecule has 0 aliphatic heterocycles. The number of amides is 2. The van der Waals surface area contributed by atoms with Gasteiger partial charge in [-0.05, 0) is 68.2 Å². The SMILES string of the molecule is NC(=O)c1ccc(Nc2nc(N[C@]3(C(=O)NS(=O)(=O)C4CC4)C[C@H]3C3CC3)nc(OCC(F)(F)F)n2)cc1. The Balaban J connectivity index is 1.41. The number of nitrogens with zero attached hydrogens (tertiary/aromatic N) is 3. The molecule has 2 amide bonds. The van der Waals surface area contributed by atoms with Crippen LogP contribution in [0.3, 0.4) is 0 Å². The normalized spacial score (nSPS) is 22.9. The van der Waals surface area contributed by atoms with Gasteiger partial charge in [0, 0.05) is 11.3 Å². The average Bonchev–Trinajstić information content (AvgIpc) is 3.67. The second-order valence-electron chi connectivity index (χ2n) is 9.66. The lowest BCUT2D eigenvalue weighted by atomic mass is 10.1. The number of carbonyl (C=O) groups is 2. The second-order valence-corrected chi connectivity index (χ2v) is 11.6. The van der Waals surface area contributed by atoms with Gasteiger partial charge in [-0.15, -0.1) is 0 Å². The molecule has 5 rings (SSSR count). The van der Waals surface area contributed by atoms with Crippen LogP contribution in [0.2, 0.25) is 0 Å². The Morgan fingerprint density at radius 3 is 2.29 bits per heavy atom. The molecule has 1 aromatic carbocycles. The molecule has 0 spiro atoms. The molecule has 2 aromatic rings. The molecule has 204 valence electrons. The third kappa shape index (κ3) is 5.89. The molecule has 3 fully saturated rings. The Morgan fingerprint density at radius 2 is 1.71 bits per heavy atom. The minimum Gasteiger partial charge on any atom is -0.454 e. The van der Waals surface area contributed by atoms with Crippen molar-refractivity contribution in [1.29, 1.82) is 0 Å². The molecule has 16 heteroatoms. The van der Waals surface area contributed by atoms with Crippen LogP contribution in [0.1, 0.15) is 42.5 Å². The van der Waals surface area contributed by atoms with Gasteiger partial charge < -0.3 is 21.1 Å². The predicted octanol–water partition coefficient (Wildman–Crippen LogP) is 1.84. The molecule has 0 bridgehead atoms. The number of halogens is 3. The summed E-state index contributed by atoms with van der Waals surface area (Å²) in [5.74, 6) is -1.86. The van der Waals surface area contributed by atoms with Crippen molar-refractivity contribution in [2.75, 3.05) is 17.2 Å². The van der Waals surface area contributed by atoms with Crippen LogP contribution in [0.4, 0.5) is 30.8 Å². The van der Waals surface area contributed by atoms with Crippen molar-refractivity contribution in [3.8, 4) is 6.01 Å². The third-order valence-electron chi connectivity index (χ3n) is 6.55. The van der Waals surface area contributed by atoms with Gasteiger partial charge in [0.05, 0.1) is 5.25 Å². The number of hydrogen-bond donors (Lipinski definition) is 4. The topological polar surface area (TPSA) is 178 Å². The van der Waals surface area contributed by atoms with Gasteiger partial charge in [0.25, 0.3) is 5.91 Å². The van der Waals surface area contributed by atoms with E-state index in [4.69, 9.17) is 10.5 Å². The van der Waals surface area contributed by atoms with Crippen LogP contribution < -0.4 is 25.8 Å². The first-order chi connectivity index (χ1) is 17.8. The summed E-state index contributed by atoms with van der Waals surface area (Å²) >= 11 is 0. The fourth-order valence-electron chi connectivity index (χ4n) is 4.22. The summed E-state index contributed by atoms with van der Waals surface area (Å²) in [6, 6.07) is 5.15. The highest BCUT2D eigenvalue weighted by Crippen LogP contribution is 2.58. The van der Waals surface area contributed by atoms with E-state index in [2.05, 4.69) is 30.3 Å². The van der Waals surface area contributed by atoms with E-state index in [1.54, 1.807) is 0 Å². The first-order valence-corrected chi connectivity index (χ1v) is 13.4. The van der Waals surface area contributed by atoms with Gasteiger partial charge in [0.2, 0.25) is 27.8 Å². The van der Waals surface area contributed by atoms with Gasteiger partial charge in [-0.2, -0.15) is 28.1 Å². The maximum atomic E-state index is 13.2. The Kier molecular flexibility index (Phi) is 6.31. The number of benzene rings is 1. The summed E-state index contributed by atoms with van der Waals surface area (Å²) in [7, 11) is -3.83. The maximum absolute atomic E-state index is 13.2. The van der Waals surface area contributed by atoms with Crippen LogP contribution in [0.25, 0.3) is 0 Å². The minimum absolute atomic E-state index is 0.189. The molecule has 38 heavy (non-hydrogen) atoms. The van der Waals surface area contributed by atoms with Crippen molar-refractivity contribution in [3.63, 3.8) is 0 Å². The third-order valence-corrected chi connectivity index (χ3v) is 8.37. The zero-order valence-electron chi connectivity index (χ0n) is 19.8. The summed E-state index contributed by atoms with van der Waals surface area (Å²) in [5, 5.41) is 5.04. The molecule has 0 saturated heterocycles. The highest BCUT2D eigenvalue weighted by molar-refractivity contribution is 7.91. The van der Waals surface area contributed by atoms with Gasteiger partial charge in [0.15, 0.2) is 6.61 Å². The van der Waals surface area contributed by atoms with Gasteiger partial charge >= 0.3 is 12.2 Å². The van der Waals surface area contributed by atoms with Gasteiger partial charge in [0.1, 0.15) is 5.54 Å². The summed E-state index contributed by atoms with van der Waals surface area (Å²) in [6.07, 6.45) is -1.66. The highest BCUT2D eigenvalue weighted by Gasteiger charge is 2.66. The van der Waals surface area contributed by atoms with Crippen LogP contribution in [0.15, 0.2) is 24.3 Å². The van der Waals surface area contributed by atoms with E-state index < -0.39 is 51.4 Å². The van der Waals surface area contributed by atoms with Crippen molar-refractivity contribution in [3.05, 3.63) is 29.8 Å². The number of nitrogens with one attached hydrogen (secondary N) is 3. The Hall–Kier alpha value is -3.69. The quantitative estimate of drug-likeness (QED) is 0.320. The molecule has 12 nitrogen and oxygen atoms in total. The molecule has 1 aromatic heterocycles. The highest BCUT2D eigenvalue weighted by atomic mass is 32.2. The molecule has 3 aliphatic carbocycles. The molecule has 3 saturated carbocycles. The van der Waals surface area contributed by atoms with Crippen molar-refractivity contribution in [1.82, 2.24) is 19.7 Å². The van der Waals surface area contributed by atoms with E-state index in [1.807, 2.05) is 0 Å². The molecule has 0 radical (unpaired) electrons. The van der Waals surface area contributed by atoms with Crippen molar-refractivity contribution in [2.24, 2.45) is 17.6 Å². The fourth-order valence-corrected chi connectivity index (χ4v) is 5.59. The number of nitrogens with two attached hydrogens (primary N) is 1. The lowest BCUT2D eigenvalue weighted by Crippen LogP contribution is -2.47. The number of anilines is 3. The van der Waals surface area contributed by atoms with Crippen LogP contribution in [-0.4, -0.2) is 58.8 Å². The Labute approximate surface area is 215 Å². The first-order valence-electron chi connectivity index (χ1n) is 11.8. The summed E-state index contributed by atoms with van der Waals surface area (Å²) in [4.78, 5) is 36.4. The van der Waals surface area contributed by atoms with Crippen molar-refractivity contribution >= 4 is 39.4 Å². The van der Waals surface area contributed by atoms with E-state index in [-0.39, 0.29) is 29.3 Å². The van der Waals surface area contributed by atoms with Gasteiger partial charge in [-0.25, -0.2) is 8.42 Å². The zero-order chi connectivity index (χ0) is 27.3. The molecule has 5 N–H and O–H groups in total. The number of rotatable bonds is 11. The average molecular weight is 556 g/mol.